The number of amides is 2. The zero-order chi connectivity index (χ0) is 19.6. The van der Waals surface area contributed by atoms with Gasteiger partial charge in [-0.2, -0.15) is 0 Å². The maximum atomic E-state index is 12.5. The van der Waals surface area contributed by atoms with E-state index in [-0.39, 0.29) is 30.7 Å². The first-order valence-corrected chi connectivity index (χ1v) is 9.55. The van der Waals surface area contributed by atoms with Crippen LogP contribution in [0.5, 0.6) is 0 Å². The molecule has 0 aromatic heterocycles. The van der Waals surface area contributed by atoms with Gasteiger partial charge in [0.2, 0.25) is 11.8 Å². The lowest BCUT2D eigenvalue weighted by molar-refractivity contribution is -0.143. The van der Waals surface area contributed by atoms with Crippen LogP contribution in [0.4, 0.5) is 11.4 Å². The van der Waals surface area contributed by atoms with Gasteiger partial charge in [-0.25, -0.2) is 4.79 Å². The Morgan fingerprint density at radius 2 is 1.70 bits per heavy atom. The lowest BCUT2D eigenvalue weighted by Crippen LogP contribution is -2.47. The van der Waals surface area contributed by atoms with Gasteiger partial charge in [0.05, 0.1) is 5.92 Å². The molecule has 146 valence electrons. The van der Waals surface area contributed by atoms with Crippen molar-refractivity contribution in [1.29, 1.82) is 0 Å². The third-order valence-corrected chi connectivity index (χ3v) is 5.36. The normalized spacial score (nSPS) is 21.0. The monoisotopic (exact) mass is 373 g/mol. The smallest absolute Gasteiger partial charge is 0.326 e. The van der Waals surface area contributed by atoms with Crippen LogP contribution in [0.25, 0.3) is 0 Å². The fraction of sp³-hybridized carbons (Fsp3) is 0.550. The van der Waals surface area contributed by atoms with Gasteiger partial charge in [-0.1, -0.05) is 13.8 Å². The van der Waals surface area contributed by atoms with Gasteiger partial charge < -0.3 is 20.2 Å². The molecule has 2 fully saturated rings. The fourth-order valence-corrected chi connectivity index (χ4v) is 3.74. The van der Waals surface area contributed by atoms with Crippen molar-refractivity contribution in [3.8, 4) is 0 Å². The highest BCUT2D eigenvalue weighted by Crippen LogP contribution is 2.28. The van der Waals surface area contributed by atoms with Crippen molar-refractivity contribution < 1.29 is 19.5 Å². The number of nitrogens with zero attached hydrogens (tertiary/aromatic N) is 2. The fourth-order valence-electron chi connectivity index (χ4n) is 3.74. The molecule has 2 atom stereocenters. The summed E-state index contributed by atoms with van der Waals surface area (Å²) in [4.78, 5) is 40.1. The maximum Gasteiger partial charge on any atom is 0.326 e. The average Bonchev–Trinajstić information content (AvgIpc) is 3.29. The molecule has 1 aromatic carbocycles. The molecule has 0 bridgehead atoms. The van der Waals surface area contributed by atoms with E-state index in [9.17, 15) is 19.5 Å². The summed E-state index contributed by atoms with van der Waals surface area (Å²) < 4.78 is 0. The molecule has 27 heavy (non-hydrogen) atoms. The van der Waals surface area contributed by atoms with Gasteiger partial charge in [0.15, 0.2) is 0 Å². The largest absolute Gasteiger partial charge is 0.480 e. The number of hydrogen-bond acceptors (Lipinski definition) is 4. The number of aliphatic carboxylic acids is 1. The first-order valence-electron chi connectivity index (χ1n) is 9.55. The average molecular weight is 373 g/mol. The minimum Gasteiger partial charge on any atom is -0.480 e. The summed E-state index contributed by atoms with van der Waals surface area (Å²) in [5, 5.41) is 11.8. The van der Waals surface area contributed by atoms with Crippen molar-refractivity contribution >= 4 is 29.2 Å². The first-order chi connectivity index (χ1) is 12.9. The Bertz CT molecular complexity index is 710. The summed E-state index contributed by atoms with van der Waals surface area (Å²) in [5.74, 6) is -2.30. The molecule has 2 saturated heterocycles. The zero-order valence-electron chi connectivity index (χ0n) is 15.9. The van der Waals surface area contributed by atoms with Crippen LogP contribution in [-0.4, -0.2) is 48.6 Å². The minimum absolute atomic E-state index is 0.101. The van der Waals surface area contributed by atoms with E-state index in [4.69, 9.17) is 0 Å². The molecule has 2 N–H and O–H groups in total. The molecule has 2 aliphatic rings. The quantitative estimate of drug-likeness (QED) is 0.794. The van der Waals surface area contributed by atoms with Gasteiger partial charge >= 0.3 is 5.97 Å². The van der Waals surface area contributed by atoms with Crippen LogP contribution in [0.1, 0.15) is 33.1 Å². The Morgan fingerprint density at radius 1 is 1.11 bits per heavy atom. The second kappa shape index (κ2) is 7.98. The number of rotatable bonds is 6. The van der Waals surface area contributed by atoms with Gasteiger partial charge in [-0.15, -0.1) is 0 Å². The number of nitrogens with one attached hydrogen (secondary N) is 1. The second-order valence-corrected chi connectivity index (χ2v) is 7.68. The van der Waals surface area contributed by atoms with Crippen LogP contribution < -0.4 is 15.1 Å². The van der Waals surface area contributed by atoms with Gasteiger partial charge in [0.25, 0.3) is 0 Å². The SMILES string of the molecule is CC(C)C(NC(=O)C1CC(=O)N(c2ccc(N3CCCC3)cc2)C1)C(=O)O. The summed E-state index contributed by atoms with van der Waals surface area (Å²) in [7, 11) is 0. The third kappa shape index (κ3) is 4.23. The van der Waals surface area contributed by atoms with E-state index >= 15 is 0 Å². The Labute approximate surface area is 159 Å². The highest BCUT2D eigenvalue weighted by molar-refractivity contribution is 6.00. The molecule has 2 unspecified atom stereocenters. The second-order valence-electron chi connectivity index (χ2n) is 7.68. The van der Waals surface area contributed by atoms with E-state index in [0.29, 0.717) is 0 Å². The van der Waals surface area contributed by atoms with E-state index in [1.54, 1.807) is 18.7 Å². The van der Waals surface area contributed by atoms with Crippen molar-refractivity contribution in [2.75, 3.05) is 29.4 Å². The molecule has 0 radical (unpaired) electrons. The van der Waals surface area contributed by atoms with E-state index in [1.807, 2.05) is 24.3 Å². The maximum absolute atomic E-state index is 12.5. The van der Waals surface area contributed by atoms with Crippen molar-refractivity contribution in [3.63, 3.8) is 0 Å². The van der Waals surface area contributed by atoms with Crippen molar-refractivity contribution in [1.82, 2.24) is 5.32 Å². The predicted octanol–water partition coefficient (Wildman–Crippen LogP) is 1.87. The summed E-state index contributed by atoms with van der Waals surface area (Å²) in [6.07, 6.45) is 2.51. The number of carbonyl (C=O) groups is 3. The van der Waals surface area contributed by atoms with Crippen molar-refractivity contribution in [2.24, 2.45) is 11.8 Å². The van der Waals surface area contributed by atoms with Crippen LogP contribution in [0, 0.1) is 11.8 Å². The minimum atomic E-state index is -1.06. The Balaban J connectivity index is 1.64. The molecule has 0 spiro atoms. The van der Waals surface area contributed by atoms with E-state index in [0.717, 1.165) is 24.5 Å². The molecular weight excluding hydrogens is 346 g/mol. The number of carbonyl (C=O) groups excluding carboxylic acids is 2. The highest BCUT2D eigenvalue weighted by Gasteiger charge is 2.37. The van der Waals surface area contributed by atoms with Gasteiger partial charge in [-0.05, 0) is 43.0 Å². The molecule has 7 heteroatoms. The Morgan fingerprint density at radius 3 is 2.26 bits per heavy atom. The van der Waals surface area contributed by atoms with E-state index in [2.05, 4.69) is 10.2 Å². The van der Waals surface area contributed by atoms with E-state index in [1.165, 1.54) is 12.8 Å². The van der Waals surface area contributed by atoms with Gasteiger partial charge in [0.1, 0.15) is 6.04 Å². The molecule has 0 saturated carbocycles. The van der Waals surface area contributed by atoms with Crippen molar-refractivity contribution in [2.45, 2.75) is 39.2 Å². The molecule has 3 rings (SSSR count). The highest BCUT2D eigenvalue weighted by atomic mass is 16.4. The number of hydrogen-bond donors (Lipinski definition) is 2. The van der Waals surface area contributed by atoms with E-state index < -0.39 is 17.9 Å². The zero-order valence-corrected chi connectivity index (χ0v) is 15.9. The standard InChI is InChI=1S/C20H27N3O4/c1-13(2)18(20(26)27)21-19(25)14-11-17(24)23(12-14)16-7-5-15(6-8-16)22-9-3-4-10-22/h5-8,13-14,18H,3-4,9-12H2,1-2H3,(H,21,25)(H,26,27). The molecule has 1 aromatic rings. The molecular formula is C20H27N3O4. The van der Waals surface area contributed by atoms with Crippen molar-refractivity contribution in [3.05, 3.63) is 24.3 Å². The number of carboxylic acid groups (broad SMARTS) is 1. The first kappa shape index (κ1) is 19.2. The Kier molecular flexibility index (Phi) is 5.68. The number of carboxylic acids is 1. The van der Waals surface area contributed by atoms with Crippen LogP contribution >= 0.6 is 0 Å². The van der Waals surface area contributed by atoms with Crippen LogP contribution in [-0.2, 0) is 14.4 Å². The van der Waals surface area contributed by atoms with Crippen LogP contribution in [0.15, 0.2) is 24.3 Å². The van der Waals surface area contributed by atoms with Crippen LogP contribution in [0.2, 0.25) is 0 Å². The lowest BCUT2D eigenvalue weighted by Gasteiger charge is -2.22. The molecule has 7 nitrogen and oxygen atoms in total. The topological polar surface area (TPSA) is 90.0 Å². The lowest BCUT2D eigenvalue weighted by atomic mass is 10.0. The summed E-state index contributed by atoms with van der Waals surface area (Å²) in [6, 6.07) is 6.92. The van der Waals surface area contributed by atoms with Gasteiger partial charge in [-0.3, -0.25) is 9.59 Å². The summed E-state index contributed by atoms with van der Waals surface area (Å²) >= 11 is 0. The third-order valence-electron chi connectivity index (χ3n) is 5.36. The van der Waals surface area contributed by atoms with Crippen LogP contribution in [0.3, 0.4) is 0 Å². The number of benzene rings is 1. The van der Waals surface area contributed by atoms with Gasteiger partial charge in [0, 0.05) is 37.4 Å². The molecule has 2 aliphatic heterocycles. The summed E-state index contributed by atoms with van der Waals surface area (Å²) in [6.45, 7) is 5.88. The molecule has 0 aliphatic carbocycles. The molecule has 2 amide bonds. The summed E-state index contributed by atoms with van der Waals surface area (Å²) in [5.41, 5.74) is 1.93. The predicted molar refractivity (Wildman–Crippen MR) is 103 cm³/mol. The molecule has 2 heterocycles. The Hall–Kier alpha value is -2.57. The number of anilines is 2.